The molecule has 3 aromatic heterocycles. The predicted octanol–water partition coefficient (Wildman–Crippen LogP) is 1.65. The third-order valence-electron chi connectivity index (χ3n) is 4.89. The molecule has 0 spiro atoms. The summed E-state index contributed by atoms with van der Waals surface area (Å²) in [6.45, 7) is 3.93. The number of carbonyl (C=O) groups excluding carboxylic acids is 1. The predicted molar refractivity (Wildman–Crippen MR) is 106 cm³/mol. The molecule has 1 N–H and O–H groups in total. The van der Waals surface area contributed by atoms with Crippen LogP contribution in [0.5, 0.6) is 0 Å². The first kappa shape index (κ1) is 18.1. The van der Waals surface area contributed by atoms with Crippen molar-refractivity contribution in [2.45, 2.75) is 45.2 Å². The fourth-order valence-corrected chi connectivity index (χ4v) is 3.20. The number of nitrogens with zero attached hydrogens (tertiary/aromatic N) is 6. The summed E-state index contributed by atoms with van der Waals surface area (Å²) >= 11 is 0. The summed E-state index contributed by atoms with van der Waals surface area (Å²) in [7, 11) is 2.00. The zero-order valence-corrected chi connectivity index (χ0v) is 16.2. The normalized spacial score (nSPS) is 13.9. The molecule has 0 saturated heterocycles. The molecule has 1 aliphatic carbocycles. The van der Waals surface area contributed by atoms with Crippen LogP contribution in [-0.4, -0.2) is 43.4 Å². The van der Waals surface area contributed by atoms with Crippen molar-refractivity contribution in [2.24, 2.45) is 0 Å². The Morgan fingerprint density at radius 3 is 2.86 bits per heavy atom. The van der Waals surface area contributed by atoms with E-state index in [9.17, 15) is 9.59 Å². The number of amides is 1. The fourth-order valence-electron chi connectivity index (χ4n) is 3.20. The summed E-state index contributed by atoms with van der Waals surface area (Å²) in [6.07, 6.45) is 5.55. The highest BCUT2D eigenvalue weighted by atomic mass is 16.2. The minimum atomic E-state index is -0.319. The number of rotatable bonds is 6. The first-order valence-electron chi connectivity index (χ1n) is 9.36. The Kier molecular flexibility index (Phi) is 4.58. The summed E-state index contributed by atoms with van der Waals surface area (Å²) in [4.78, 5) is 27.2. The minimum Gasteiger partial charge on any atom is -0.370 e. The van der Waals surface area contributed by atoms with E-state index in [0.717, 1.165) is 24.2 Å². The lowest BCUT2D eigenvalue weighted by Crippen LogP contribution is -2.33. The van der Waals surface area contributed by atoms with E-state index in [1.807, 2.05) is 20.9 Å². The van der Waals surface area contributed by atoms with Crippen molar-refractivity contribution in [3.63, 3.8) is 0 Å². The lowest BCUT2D eigenvalue weighted by atomic mass is 10.1. The molecule has 1 aliphatic rings. The van der Waals surface area contributed by atoms with E-state index >= 15 is 0 Å². The van der Waals surface area contributed by atoms with Crippen LogP contribution in [0, 0.1) is 0 Å². The van der Waals surface area contributed by atoms with E-state index in [1.54, 1.807) is 35.1 Å². The van der Waals surface area contributed by atoms with Crippen molar-refractivity contribution < 1.29 is 4.79 Å². The molecule has 0 atom stereocenters. The van der Waals surface area contributed by atoms with Crippen LogP contribution in [0.1, 0.15) is 38.3 Å². The third kappa shape index (κ3) is 3.60. The van der Waals surface area contributed by atoms with Gasteiger partial charge in [0.1, 0.15) is 12.9 Å². The molecule has 0 aromatic carbocycles. The number of hydrogen-bond acceptors (Lipinski definition) is 6. The van der Waals surface area contributed by atoms with Crippen molar-refractivity contribution in [1.29, 1.82) is 0 Å². The van der Waals surface area contributed by atoms with E-state index in [1.165, 1.54) is 4.68 Å². The Bertz CT molecular complexity index is 1080. The average molecular weight is 381 g/mol. The molecule has 1 amide bonds. The van der Waals surface area contributed by atoms with Crippen molar-refractivity contribution in [3.8, 4) is 0 Å². The molecule has 1 fully saturated rings. The molecule has 0 radical (unpaired) electrons. The van der Waals surface area contributed by atoms with Gasteiger partial charge in [-0.15, -0.1) is 10.2 Å². The van der Waals surface area contributed by atoms with Crippen molar-refractivity contribution >= 4 is 22.9 Å². The number of anilines is 2. The second kappa shape index (κ2) is 7.06. The topological polar surface area (TPSA) is 97.4 Å². The maximum absolute atomic E-state index is 12.6. The molecule has 0 bridgehead atoms. The number of fused-ring (bicyclic) bond motifs is 1. The lowest BCUT2D eigenvalue weighted by molar-refractivity contribution is -0.117. The SMILES string of the molecule is CC(C)c1nn(CC(=O)Nc2ccc3nncn3c2)c(=O)cc1N(C)C1CC1. The summed E-state index contributed by atoms with van der Waals surface area (Å²) in [5.74, 6) is -0.178. The first-order valence-corrected chi connectivity index (χ1v) is 9.36. The van der Waals surface area contributed by atoms with Gasteiger partial charge in [-0.05, 0) is 30.9 Å². The van der Waals surface area contributed by atoms with Gasteiger partial charge in [0.25, 0.3) is 5.56 Å². The Balaban J connectivity index is 1.55. The van der Waals surface area contributed by atoms with Crippen molar-refractivity contribution in [2.75, 3.05) is 17.3 Å². The van der Waals surface area contributed by atoms with Crippen LogP contribution in [0.25, 0.3) is 5.65 Å². The van der Waals surface area contributed by atoms with Crippen LogP contribution in [0.4, 0.5) is 11.4 Å². The molecule has 9 nitrogen and oxygen atoms in total. The van der Waals surface area contributed by atoms with Crippen LogP contribution in [0.15, 0.2) is 35.5 Å². The molecule has 28 heavy (non-hydrogen) atoms. The fraction of sp³-hybridized carbons (Fsp3) is 0.421. The Hall–Kier alpha value is -3.23. The zero-order chi connectivity index (χ0) is 19.8. The zero-order valence-electron chi connectivity index (χ0n) is 16.2. The quantitative estimate of drug-likeness (QED) is 0.697. The number of carbonyl (C=O) groups is 1. The van der Waals surface area contributed by atoms with Gasteiger partial charge in [-0.3, -0.25) is 14.0 Å². The lowest BCUT2D eigenvalue weighted by Gasteiger charge is -2.23. The Labute approximate surface area is 162 Å². The molecular formula is C19H23N7O2. The average Bonchev–Trinajstić information content (AvgIpc) is 3.40. The highest BCUT2D eigenvalue weighted by molar-refractivity contribution is 5.90. The number of pyridine rings is 1. The van der Waals surface area contributed by atoms with Gasteiger partial charge in [0.05, 0.1) is 17.1 Å². The first-order chi connectivity index (χ1) is 13.4. The van der Waals surface area contributed by atoms with Gasteiger partial charge in [0.15, 0.2) is 5.65 Å². The largest absolute Gasteiger partial charge is 0.370 e. The maximum Gasteiger partial charge on any atom is 0.269 e. The van der Waals surface area contributed by atoms with E-state index in [4.69, 9.17) is 0 Å². The van der Waals surface area contributed by atoms with Gasteiger partial charge >= 0.3 is 0 Å². The number of hydrogen-bond donors (Lipinski definition) is 1. The summed E-state index contributed by atoms with van der Waals surface area (Å²) in [6, 6.07) is 5.57. The highest BCUT2D eigenvalue weighted by Gasteiger charge is 2.29. The highest BCUT2D eigenvalue weighted by Crippen LogP contribution is 2.33. The summed E-state index contributed by atoms with van der Waals surface area (Å²) in [5, 5.41) is 15.0. The Morgan fingerprint density at radius 1 is 1.36 bits per heavy atom. The van der Waals surface area contributed by atoms with Gasteiger partial charge in [-0.1, -0.05) is 13.8 Å². The van der Waals surface area contributed by atoms with Crippen LogP contribution in [-0.2, 0) is 11.3 Å². The third-order valence-corrected chi connectivity index (χ3v) is 4.89. The van der Waals surface area contributed by atoms with Crippen LogP contribution < -0.4 is 15.8 Å². The van der Waals surface area contributed by atoms with E-state index in [0.29, 0.717) is 17.4 Å². The molecular weight excluding hydrogens is 358 g/mol. The monoisotopic (exact) mass is 381 g/mol. The number of aromatic nitrogens is 5. The summed E-state index contributed by atoms with van der Waals surface area (Å²) in [5.41, 5.74) is 2.69. The van der Waals surface area contributed by atoms with Crippen molar-refractivity contribution in [3.05, 3.63) is 46.8 Å². The van der Waals surface area contributed by atoms with E-state index in [-0.39, 0.29) is 23.9 Å². The standard InChI is InChI=1S/C19H23N7O2/c1-12(2)19-15(24(3)14-5-6-14)8-18(28)26(23-19)10-17(27)21-13-4-7-16-22-20-11-25(16)9-13/h4,7-9,11-12,14H,5-6,10H2,1-3H3,(H,21,27). The van der Waals surface area contributed by atoms with Crippen LogP contribution in [0.2, 0.25) is 0 Å². The molecule has 4 rings (SSSR count). The molecule has 146 valence electrons. The van der Waals surface area contributed by atoms with E-state index < -0.39 is 0 Å². The van der Waals surface area contributed by atoms with Crippen LogP contribution >= 0.6 is 0 Å². The van der Waals surface area contributed by atoms with Gasteiger partial charge in [-0.2, -0.15) is 5.10 Å². The molecule has 3 aromatic rings. The molecule has 0 unspecified atom stereocenters. The molecule has 0 aliphatic heterocycles. The van der Waals surface area contributed by atoms with Gasteiger partial charge in [0, 0.05) is 25.4 Å². The smallest absolute Gasteiger partial charge is 0.269 e. The summed E-state index contributed by atoms with van der Waals surface area (Å²) < 4.78 is 2.94. The van der Waals surface area contributed by atoms with Crippen LogP contribution in [0.3, 0.4) is 0 Å². The van der Waals surface area contributed by atoms with Gasteiger partial charge in [0.2, 0.25) is 5.91 Å². The molecule has 9 heteroatoms. The van der Waals surface area contributed by atoms with E-state index in [2.05, 4.69) is 25.5 Å². The van der Waals surface area contributed by atoms with Gasteiger partial charge < -0.3 is 10.2 Å². The van der Waals surface area contributed by atoms with Crippen molar-refractivity contribution in [1.82, 2.24) is 24.4 Å². The second-order valence-corrected chi connectivity index (χ2v) is 7.47. The second-order valence-electron chi connectivity index (χ2n) is 7.47. The Morgan fingerprint density at radius 2 is 2.14 bits per heavy atom. The molecule has 3 heterocycles. The minimum absolute atomic E-state index is 0.141. The van der Waals surface area contributed by atoms with Gasteiger partial charge in [-0.25, -0.2) is 4.68 Å². The maximum atomic E-state index is 12.6. The number of nitrogens with one attached hydrogen (secondary N) is 1. The molecule has 1 saturated carbocycles.